The standard InChI is InChI=1S/C17H23FN2O4S.ClH/c1-24-17(21)15-10-13(18)4-5-16(15)25(22,23)20-8-6-14(7-9-20)19-11-12-2-3-12;/h4-5,10,12,14,19H,2-3,6-9,11H2,1H3;1H. The summed E-state index contributed by atoms with van der Waals surface area (Å²) in [4.78, 5) is 11.6. The number of ether oxygens (including phenoxy) is 1. The van der Waals surface area contributed by atoms with Crippen LogP contribution in [0.25, 0.3) is 0 Å². The largest absolute Gasteiger partial charge is 0.465 e. The SMILES string of the molecule is COC(=O)c1cc(F)ccc1S(=O)(=O)N1CCC(NCC2CC2)CC1.Cl. The predicted octanol–water partition coefficient (Wildman–Crippen LogP) is 2.19. The van der Waals surface area contributed by atoms with Crippen LogP contribution in [0.3, 0.4) is 0 Å². The third kappa shape index (κ3) is 4.73. The molecule has 0 aromatic heterocycles. The molecule has 0 atom stereocenters. The number of esters is 1. The third-order valence-corrected chi connectivity index (χ3v) is 6.77. The van der Waals surface area contributed by atoms with Crippen LogP contribution in [0, 0.1) is 11.7 Å². The van der Waals surface area contributed by atoms with Crippen molar-refractivity contribution in [2.45, 2.75) is 36.6 Å². The Labute approximate surface area is 159 Å². The molecule has 9 heteroatoms. The number of carbonyl (C=O) groups is 1. The number of carbonyl (C=O) groups excluding carboxylic acids is 1. The van der Waals surface area contributed by atoms with Crippen molar-refractivity contribution in [3.05, 3.63) is 29.6 Å². The molecule has 0 unspecified atom stereocenters. The number of nitrogens with one attached hydrogen (secondary N) is 1. The van der Waals surface area contributed by atoms with Gasteiger partial charge in [0.15, 0.2) is 0 Å². The molecule has 1 aliphatic heterocycles. The molecular formula is C17H24ClFN2O4S. The van der Waals surface area contributed by atoms with E-state index >= 15 is 0 Å². The highest BCUT2D eigenvalue weighted by molar-refractivity contribution is 7.89. The third-order valence-electron chi connectivity index (χ3n) is 4.81. The Morgan fingerprint density at radius 1 is 1.27 bits per heavy atom. The van der Waals surface area contributed by atoms with Crippen molar-refractivity contribution in [3.63, 3.8) is 0 Å². The smallest absolute Gasteiger partial charge is 0.339 e. The Morgan fingerprint density at radius 2 is 1.92 bits per heavy atom. The van der Waals surface area contributed by atoms with Gasteiger partial charge in [-0.3, -0.25) is 0 Å². The second kappa shape index (κ2) is 8.65. The van der Waals surface area contributed by atoms with E-state index in [0.717, 1.165) is 50.6 Å². The summed E-state index contributed by atoms with van der Waals surface area (Å²) in [5.74, 6) is -0.759. The maximum Gasteiger partial charge on any atom is 0.339 e. The molecule has 1 aromatic carbocycles. The van der Waals surface area contributed by atoms with Gasteiger partial charge in [0.2, 0.25) is 10.0 Å². The number of piperidine rings is 1. The van der Waals surface area contributed by atoms with Crippen LogP contribution < -0.4 is 5.32 Å². The maximum atomic E-state index is 13.5. The predicted molar refractivity (Wildman–Crippen MR) is 97.5 cm³/mol. The van der Waals surface area contributed by atoms with Crippen LogP contribution in [0.4, 0.5) is 4.39 Å². The zero-order valence-electron chi connectivity index (χ0n) is 14.6. The van der Waals surface area contributed by atoms with Gasteiger partial charge in [-0.15, -0.1) is 12.4 Å². The number of rotatable bonds is 6. The quantitative estimate of drug-likeness (QED) is 0.733. The van der Waals surface area contributed by atoms with Gasteiger partial charge in [-0.25, -0.2) is 17.6 Å². The molecule has 1 aliphatic carbocycles. The van der Waals surface area contributed by atoms with Gasteiger partial charge < -0.3 is 10.1 Å². The zero-order valence-corrected chi connectivity index (χ0v) is 16.2. The van der Waals surface area contributed by atoms with E-state index < -0.39 is 21.8 Å². The second-order valence-electron chi connectivity index (χ2n) is 6.66. The summed E-state index contributed by atoms with van der Waals surface area (Å²) < 4.78 is 45.2. The monoisotopic (exact) mass is 406 g/mol. The van der Waals surface area contributed by atoms with Crippen molar-refractivity contribution >= 4 is 28.4 Å². The zero-order chi connectivity index (χ0) is 18.0. The number of hydrogen-bond donors (Lipinski definition) is 1. The van der Waals surface area contributed by atoms with Crippen LogP contribution in [-0.4, -0.2) is 51.5 Å². The van der Waals surface area contributed by atoms with Crippen molar-refractivity contribution in [1.82, 2.24) is 9.62 Å². The first kappa shape index (κ1) is 21.1. The minimum atomic E-state index is -3.87. The average Bonchev–Trinajstić information content (AvgIpc) is 3.43. The van der Waals surface area contributed by atoms with Gasteiger partial charge in [0, 0.05) is 19.1 Å². The molecule has 26 heavy (non-hydrogen) atoms. The minimum absolute atomic E-state index is 0. The van der Waals surface area contributed by atoms with Crippen LogP contribution in [0.2, 0.25) is 0 Å². The van der Waals surface area contributed by atoms with E-state index in [2.05, 4.69) is 10.1 Å². The van der Waals surface area contributed by atoms with Crippen molar-refractivity contribution < 1.29 is 22.3 Å². The van der Waals surface area contributed by atoms with Gasteiger partial charge in [0.25, 0.3) is 0 Å². The highest BCUT2D eigenvalue weighted by Crippen LogP contribution is 2.29. The Kier molecular flexibility index (Phi) is 7.01. The minimum Gasteiger partial charge on any atom is -0.465 e. The molecule has 2 fully saturated rings. The highest BCUT2D eigenvalue weighted by atomic mass is 35.5. The molecule has 0 radical (unpaired) electrons. The molecule has 1 N–H and O–H groups in total. The summed E-state index contributed by atoms with van der Waals surface area (Å²) in [6, 6.07) is 3.40. The summed E-state index contributed by atoms with van der Waals surface area (Å²) >= 11 is 0. The summed E-state index contributed by atoms with van der Waals surface area (Å²) in [6.45, 7) is 1.76. The lowest BCUT2D eigenvalue weighted by Crippen LogP contribution is -2.45. The summed E-state index contributed by atoms with van der Waals surface area (Å²) in [7, 11) is -2.73. The van der Waals surface area contributed by atoms with Crippen molar-refractivity contribution in [3.8, 4) is 0 Å². The first-order chi connectivity index (χ1) is 11.9. The Balaban J connectivity index is 0.00000243. The highest BCUT2D eigenvalue weighted by Gasteiger charge is 2.33. The average molecular weight is 407 g/mol. The molecule has 2 aliphatic rings. The molecule has 1 saturated heterocycles. The molecule has 0 bridgehead atoms. The van der Waals surface area contributed by atoms with E-state index in [-0.39, 0.29) is 22.9 Å². The molecule has 1 saturated carbocycles. The lowest BCUT2D eigenvalue weighted by atomic mass is 10.1. The van der Waals surface area contributed by atoms with Gasteiger partial charge in [-0.2, -0.15) is 4.31 Å². The van der Waals surface area contributed by atoms with E-state index in [1.54, 1.807) is 0 Å². The fourth-order valence-corrected chi connectivity index (χ4v) is 4.72. The number of sulfonamides is 1. The van der Waals surface area contributed by atoms with E-state index in [1.165, 1.54) is 17.1 Å². The number of nitrogens with zero attached hydrogens (tertiary/aromatic N) is 1. The summed E-state index contributed by atoms with van der Waals surface area (Å²) in [6.07, 6.45) is 4.00. The first-order valence-electron chi connectivity index (χ1n) is 8.53. The van der Waals surface area contributed by atoms with E-state index in [9.17, 15) is 17.6 Å². The summed E-state index contributed by atoms with van der Waals surface area (Å²) in [5, 5.41) is 3.50. The van der Waals surface area contributed by atoms with Crippen LogP contribution in [-0.2, 0) is 14.8 Å². The van der Waals surface area contributed by atoms with Gasteiger partial charge in [0.1, 0.15) is 5.82 Å². The number of methoxy groups -OCH3 is 1. The molecule has 3 rings (SSSR count). The molecule has 1 heterocycles. The van der Waals surface area contributed by atoms with Gasteiger partial charge in [-0.1, -0.05) is 0 Å². The Bertz CT molecular complexity index is 747. The normalized spacial score (nSPS) is 19.0. The van der Waals surface area contributed by atoms with Gasteiger partial charge >= 0.3 is 5.97 Å². The van der Waals surface area contributed by atoms with E-state index in [0.29, 0.717) is 19.1 Å². The first-order valence-corrected chi connectivity index (χ1v) is 9.97. The Morgan fingerprint density at radius 3 is 2.50 bits per heavy atom. The van der Waals surface area contributed by atoms with Crippen molar-refractivity contribution in [1.29, 1.82) is 0 Å². The molecular weight excluding hydrogens is 383 g/mol. The molecule has 0 spiro atoms. The molecule has 6 nitrogen and oxygen atoms in total. The summed E-state index contributed by atoms with van der Waals surface area (Å²) in [5.41, 5.74) is -0.267. The number of halogens is 2. The second-order valence-corrected chi connectivity index (χ2v) is 8.57. The van der Waals surface area contributed by atoms with E-state index in [4.69, 9.17) is 0 Å². The van der Waals surface area contributed by atoms with Gasteiger partial charge in [-0.05, 0) is 56.3 Å². The Hall–Kier alpha value is -1.22. The molecule has 0 amide bonds. The topological polar surface area (TPSA) is 75.7 Å². The maximum absolute atomic E-state index is 13.5. The fraction of sp³-hybridized carbons (Fsp3) is 0.588. The lowest BCUT2D eigenvalue weighted by molar-refractivity contribution is 0.0595. The van der Waals surface area contributed by atoms with Crippen LogP contribution in [0.15, 0.2) is 23.1 Å². The number of benzene rings is 1. The van der Waals surface area contributed by atoms with Gasteiger partial charge in [0.05, 0.1) is 17.6 Å². The fourth-order valence-electron chi connectivity index (χ4n) is 3.09. The van der Waals surface area contributed by atoms with Crippen LogP contribution >= 0.6 is 12.4 Å². The molecule has 146 valence electrons. The van der Waals surface area contributed by atoms with E-state index in [1.807, 2.05) is 0 Å². The van der Waals surface area contributed by atoms with Crippen LogP contribution in [0.1, 0.15) is 36.0 Å². The van der Waals surface area contributed by atoms with Crippen LogP contribution in [0.5, 0.6) is 0 Å². The lowest BCUT2D eigenvalue weighted by Gasteiger charge is -2.32. The van der Waals surface area contributed by atoms with Crippen molar-refractivity contribution in [2.75, 3.05) is 26.7 Å². The number of hydrogen-bond acceptors (Lipinski definition) is 5. The molecule has 1 aromatic rings. The van der Waals surface area contributed by atoms with Crippen molar-refractivity contribution in [2.24, 2.45) is 5.92 Å².